The van der Waals surface area contributed by atoms with Gasteiger partial charge in [-0.1, -0.05) is 12.1 Å². The normalized spacial score (nSPS) is 22.8. The van der Waals surface area contributed by atoms with Gasteiger partial charge in [-0.25, -0.2) is 8.78 Å². The molecule has 1 spiro atoms. The molecule has 2 heterocycles. The summed E-state index contributed by atoms with van der Waals surface area (Å²) >= 11 is 0. The number of anilines is 3. The molecule has 2 aromatic rings. The van der Waals surface area contributed by atoms with Crippen molar-refractivity contribution in [3.8, 4) is 0 Å². The van der Waals surface area contributed by atoms with Crippen molar-refractivity contribution in [2.75, 3.05) is 41.3 Å². The van der Waals surface area contributed by atoms with Crippen molar-refractivity contribution in [2.24, 2.45) is 5.41 Å². The van der Waals surface area contributed by atoms with Crippen molar-refractivity contribution in [1.82, 2.24) is 0 Å². The summed E-state index contributed by atoms with van der Waals surface area (Å²) in [5, 5.41) is 3.13. The molecule has 2 saturated carbocycles. The molecule has 0 radical (unpaired) electrons. The molecule has 0 atom stereocenters. The van der Waals surface area contributed by atoms with Crippen LogP contribution < -0.4 is 15.1 Å². The number of rotatable bonds is 5. The zero-order valence-electron chi connectivity index (χ0n) is 20.6. The molecular formula is C29H35F2N3O. The topological polar surface area (TPSA) is 35.6 Å². The fraction of sp³-hybridized carbons (Fsp3) is 0.552. The Morgan fingerprint density at radius 1 is 0.857 bits per heavy atom. The fourth-order valence-electron chi connectivity index (χ4n) is 5.90. The van der Waals surface area contributed by atoms with Gasteiger partial charge in [-0.3, -0.25) is 4.79 Å². The number of nitrogens with zero attached hydrogens (tertiary/aromatic N) is 2. The van der Waals surface area contributed by atoms with Crippen molar-refractivity contribution >= 4 is 23.0 Å². The van der Waals surface area contributed by atoms with Crippen molar-refractivity contribution in [3.63, 3.8) is 0 Å². The summed E-state index contributed by atoms with van der Waals surface area (Å²) in [6.07, 6.45) is 7.20. The van der Waals surface area contributed by atoms with Crippen LogP contribution in [0.2, 0.25) is 0 Å². The molecule has 1 N–H and O–H groups in total. The van der Waals surface area contributed by atoms with Crippen LogP contribution in [0.4, 0.5) is 25.8 Å². The SMILES string of the molecule is Cc1ccc(C(=O)Nc2ccc(C3CC3)c(N3CCC(F)(F)CC3)c2)c(N2CCC3(CC2)CC3)c1. The van der Waals surface area contributed by atoms with Crippen LogP contribution in [0.25, 0.3) is 0 Å². The first-order valence-corrected chi connectivity index (χ1v) is 13.2. The maximum absolute atomic E-state index is 13.8. The highest BCUT2D eigenvalue weighted by molar-refractivity contribution is 6.08. The molecular weight excluding hydrogens is 444 g/mol. The second-order valence-electron chi connectivity index (χ2n) is 11.4. The summed E-state index contributed by atoms with van der Waals surface area (Å²) in [6.45, 7) is 4.78. The predicted molar refractivity (Wildman–Crippen MR) is 137 cm³/mol. The van der Waals surface area contributed by atoms with E-state index in [1.54, 1.807) is 0 Å². The molecule has 35 heavy (non-hydrogen) atoms. The molecule has 0 unspecified atom stereocenters. The quantitative estimate of drug-likeness (QED) is 0.516. The van der Waals surface area contributed by atoms with Crippen LogP contribution in [0.3, 0.4) is 0 Å². The van der Waals surface area contributed by atoms with Gasteiger partial charge < -0.3 is 15.1 Å². The van der Waals surface area contributed by atoms with Crippen molar-refractivity contribution in [1.29, 1.82) is 0 Å². The molecule has 1 amide bonds. The number of halogens is 2. The van der Waals surface area contributed by atoms with Gasteiger partial charge in [-0.05, 0) is 92.2 Å². The lowest BCUT2D eigenvalue weighted by atomic mass is 9.92. The van der Waals surface area contributed by atoms with Crippen LogP contribution in [0.5, 0.6) is 0 Å². The average Bonchev–Trinajstić information content (AvgIpc) is 3.77. The molecule has 2 saturated heterocycles. The van der Waals surface area contributed by atoms with Gasteiger partial charge in [0.1, 0.15) is 0 Å². The van der Waals surface area contributed by atoms with E-state index in [-0.39, 0.29) is 18.7 Å². The van der Waals surface area contributed by atoms with Crippen LogP contribution in [-0.4, -0.2) is 38.0 Å². The van der Waals surface area contributed by atoms with E-state index in [4.69, 9.17) is 0 Å². The van der Waals surface area contributed by atoms with Gasteiger partial charge in [-0.2, -0.15) is 0 Å². The first-order valence-electron chi connectivity index (χ1n) is 13.2. The van der Waals surface area contributed by atoms with E-state index < -0.39 is 5.92 Å². The molecule has 0 bridgehead atoms. The molecule has 4 fully saturated rings. The minimum Gasteiger partial charge on any atom is -0.371 e. The lowest BCUT2D eigenvalue weighted by Crippen LogP contribution is -2.39. The van der Waals surface area contributed by atoms with Gasteiger partial charge in [0.25, 0.3) is 11.8 Å². The van der Waals surface area contributed by atoms with Crippen LogP contribution in [0, 0.1) is 12.3 Å². The third-order valence-corrected chi connectivity index (χ3v) is 8.66. The summed E-state index contributed by atoms with van der Waals surface area (Å²) in [7, 11) is 0. The van der Waals surface area contributed by atoms with E-state index in [1.165, 1.54) is 31.2 Å². The maximum Gasteiger partial charge on any atom is 0.257 e. The minimum atomic E-state index is -2.57. The molecule has 186 valence electrons. The standard InChI is InChI=1S/C29H35F2N3O/c1-20-2-6-24(25(18-20)33-14-10-28(8-9-28)11-15-33)27(35)32-22-5-7-23(21-3-4-21)26(19-22)34-16-12-29(30,31)13-17-34/h2,5-7,18-19,21H,3-4,8-17H2,1H3,(H,32,35). The van der Waals surface area contributed by atoms with E-state index in [1.807, 2.05) is 24.3 Å². The number of hydrogen-bond donors (Lipinski definition) is 1. The van der Waals surface area contributed by atoms with Gasteiger partial charge in [0.15, 0.2) is 0 Å². The Labute approximate surface area is 206 Å². The molecule has 6 heteroatoms. The van der Waals surface area contributed by atoms with E-state index in [9.17, 15) is 13.6 Å². The minimum absolute atomic E-state index is 0.109. The van der Waals surface area contributed by atoms with Gasteiger partial charge in [0.05, 0.1) is 5.56 Å². The highest BCUT2D eigenvalue weighted by atomic mass is 19.3. The number of nitrogens with one attached hydrogen (secondary N) is 1. The maximum atomic E-state index is 13.8. The van der Waals surface area contributed by atoms with E-state index in [0.717, 1.165) is 48.6 Å². The van der Waals surface area contributed by atoms with E-state index in [0.29, 0.717) is 30.0 Å². The summed E-state index contributed by atoms with van der Waals surface area (Å²) in [6, 6.07) is 12.1. The Kier molecular flexibility index (Phi) is 5.53. The van der Waals surface area contributed by atoms with Gasteiger partial charge in [-0.15, -0.1) is 0 Å². The second-order valence-corrected chi connectivity index (χ2v) is 11.4. The van der Waals surface area contributed by atoms with Crippen LogP contribution >= 0.6 is 0 Å². The second kappa shape index (κ2) is 8.49. The number of carbonyl (C=O) groups is 1. The first-order chi connectivity index (χ1) is 16.8. The van der Waals surface area contributed by atoms with Gasteiger partial charge in [0.2, 0.25) is 0 Å². The molecule has 4 nitrogen and oxygen atoms in total. The monoisotopic (exact) mass is 479 g/mol. The molecule has 0 aromatic heterocycles. The number of alkyl halides is 2. The molecule has 2 aliphatic carbocycles. The lowest BCUT2D eigenvalue weighted by Gasteiger charge is -2.35. The first kappa shape index (κ1) is 22.8. The molecule has 2 aromatic carbocycles. The van der Waals surface area contributed by atoms with Crippen LogP contribution in [0.1, 0.15) is 78.8 Å². The highest BCUT2D eigenvalue weighted by Crippen LogP contribution is 2.54. The number of aryl methyl sites for hydroxylation is 1. The Morgan fingerprint density at radius 2 is 1.51 bits per heavy atom. The van der Waals surface area contributed by atoms with E-state index in [2.05, 4.69) is 34.2 Å². The van der Waals surface area contributed by atoms with Gasteiger partial charge >= 0.3 is 0 Å². The third-order valence-electron chi connectivity index (χ3n) is 8.66. The Hall–Kier alpha value is -2.63. The third kappa shape index (κ3) is 4.76. The van der Waals surface area contributed by atoms with Crippen molar-refractivity contribution in [2.45, 2.75) is 70.1 Å². The zero-order chi connectivity index (χ0) is 24.2. The number of carbonyl (C=O) groups excluding carboxylic acids is 1. The average molecular weight is 480 g/mol. The van der Waals surface area contributed by atoms with Crippen LogP contribution in [0.15, 0.2) is 36.4 Å². The number of benzene rings is 2. The number of amides is 1. The molecule has 6 rings (SSSR count). The lowest BCUT2D eigenvalue weighted by molar-refractivity contribution is -0.0220. The van der Waals surface area contributed by atoms with Crippen molar-refractivity contribution in [3.05, 3.63) is 53.1 Å². The summed E-state index contributed by atoms with van der Waals surface area (Å²) in [4.78, 5) is 17.9. The molecule has 2 aliphatic heterocycles. The highest BCUT2D eigenvalue weighted by Gasteiger charge is 2.44. The predicted octanol–water partition coefficient (Wildman–Crippen LogP) is 6.74. The number of piperidine rings is 2. The Bertz CT molecular complexity index is 1120. The summed E-state index contributed by atoms with van der Waals surface area (Å²) < 4.78 is 27.6. The van der Waals surface area contributed by atoms with Crippen molar-refractivity contribution < 1.29 is 13.6 Å². The zero-order valence-corrected chi connectivity index (χ0v) is 20.6. The largest absolute Gasteiger partial charge is 0.371 e. The Morgan fingerprint density at radius 3 is 2.17 bits per heavy atom. The smallest absolute Gasteiger partial charge is 0.257 e. The Balaban J connectivity index is 1.23. The molecule has 4 aliphatic rings. The summed E-state index contributed by atoms with van der Waals surface area (Å²) in [5.41, 5.74) is 6.43. The number of hydrogen-bond acceptors (Lipinski definition) is 3. The fourth-order valence-corrected chi connectivity index (χ4v) is 5.90. The van der Waals surface area contributed by atoms with Gasteiger partial charge in [0, 0.05) is 56.1 Å². The van der Waals surface area contributed by atoms with Crippen LogP contribution in [-0.2, 0) is 0 Å². The summed E-state index contributed by atoms with van der Waals surface area (Å²) in [5.74, 6) is -2.17. The van der Waals surface area contributed by atoms with E-state index >= 15 is 0 Å².